The molecule has 0 spiro atoms. The number of benzene rings is 9. The van der Waals surface area contributed by atoms with E-state index in [0.717, 1.165) is 0 Å². The molecule has 2 aromatic heterocycles. The highest BCUT2D eigenvalue weighted by Gasteiger charge is 2.20. The maximum atomic E-state index is 2.45. The molecule has 0 aliphatic rings. The van der Waals surface area contributed by atoms with Gasteiger partial charge in [0.05, 0.1) is 0 Å². The van der Waals surface area contributed by atoms with Crippen molar-refractivity contribution in [3.05, 3.63) is 170 Å². The van der Waals surface area contributed by atoms with Gasteiger partial charge in [0.2, 0.25) is 0 Å². The molecule has 2 heteroatoms. The van der Waals surface area contributed by atoms with Crippen LogP contribution in [0.2, 0.25) is 0 Å². The van der Waals surface area contributed by atoms with Gasteiger partial charge < -0.3 is 0 Å². The summed E-state index contributed by atoms with van der Waals surface area (Å²) in [6.45, 7) is 0. The summed E-state index contributed by atoms with van der Waals surface area (Å²) in [5.41, 5.74) is 7.63. The molecular weight excluding hydrogens is 641 g/mol. The Morgan fingerprint density at radius 2 is 0.700 bits per heavy atom. The van der Waals surface area contributed by atoms with Crippen LogP contribution in [0.25, 0.3) is 106 Å². The fraction of sp³-hybridized carbons (Fsp3) is 0. The summed E-state index contributed by atoms with van der Waals surface area (Å²) in [6, 6.07) is 63.1. The van der Waals surface area contributed by atoms with E-state index in [1.807, 2.05) is 22.7 Å². The van der Waals surface area contributed by atoms with E-state index in [0.29, 0.717) is 0 Å². The maximum absolute atomic E-state index is 2.45. The fourth-order valence-corrected chi connectivity index (χ4v) is 10.5. The minimum Gasteiger partial charge on any atom is -0.135 e. The number of rotatable bonds is 3. The van der Waals surface area contributed by atoms with Gasteiger partial charge in [-0.05, 0) is 96.0 Å². The molecule has 0 fully saturated rings. The summed E-state index contributed by atoms with van der Waals surface area (Å²) in [5.74, 6) is 0. The SMILES string of the molecule is c1ccc(-c2ccc(-c3c4ccccc4c(-c4ccc5sc6cc7c(cc6c5c4)sc4ccccc47)c4ccccc34)c3ccccc23)cc1. The summed E-state index contributed by atoms with van der Waals surface area (Å²) in [6.07, 6.45) is 0. The minimum absolute atomic E-state index is 1.24. The standard InChI is InChI=1S/C48H28S2/c1-2-12-29(13-3-1)31-23-24-39(33-15-5-4-14-32(31)33)48-37-19-8-6-17-35(37)47(36-18-7-9-20-38(36)48)30-22-25-44-40(26-30)42-28-45-41(27-46(42)50-44)34-16-10-11-21-43(34)49-45/h1-28H. The normalized spacial score (nSPS) is 12.0. The average Bonchev–Trinajstić information content (AvgIpc) is 3.73. The molecule has 50 heavy (non-hydrogen) atoms. The van der Waals surface area contributed by atoms with Gasteiger partial charge in [-0.25, -0.2) is 0 Å². The van der Waals surface area contributed by atoms with Crippen molar-refractivity contribution in [3.8, 4) is 33.4 Å². The van der Waals surface area contributed by atoms with E-state index in [-0.39, 0.29) is 0 Å². The van der Waals surface area contributed by atoms with Crippen molar-refractivity contribution in [1.82, 2.24) is 0 Å². The van der Waals surface area contributed by atoms with Crippen LogP contribution >= 0.6 is 22.7 Å². The van der Waals surface area contributed by atoms with E-state index in [9.17, 15) is 0 Å². The molecule has 9 aromatic carbocycles. The second-order valence-corrected chi connectivity index (χ2v) is 15.3. The number of fused-ring (bicyclic) bond motifs is 9. The lowest BCUT2D eigenvalue weighted by Gasteiger charge is -2.19. The first-order chi connectivity index (χ1) is 24.8. The Morgan fingerprint density at radius 3 is 1.36 bits per heavy atom. The van der Waals surface area contributed by atoms with Crippen LogP contribution in [0.1, 0.15) is 0 Å². The van der Waals surface area contributed by atoms with Crippen molar-refractivity contribution in [2.24, 2.45) is 0 Å². The molecule has 0 unspecified atom stereocenters. The molecule has 0 radical (unpaired) electrons. The number of hydrogen-bond acceptors (Lipinski definition) is 2. The molecule has 232 valence electrons. The minimum atomic E-state index is 1.24. The predicted octanol–water partition coefficient (Wildman–Crippen LogP) is 14.9. The van der Waals surface area contributed by atoms with Crippen molar-refractivity contribution >= 4 is 95.3 Å². The summed E-state index contributed by atoms with van der Waals surface area (Å²) < 4.78 is 5.39. The van der Waals surface area contributed by atoms with E-state index in [2.05, 4.69) is 170 Å². The van der Waals surface area contributed by atoms with Crippen LogP contribution in [0.3, 0.4) is 0 Å². The Labute approximate surface area is 297 Å². The fourth-order valence-electron chi connectivity index (χ4n) is 8.27. The highest BCUT2D eigenvalue weighted by Crippen LogP contribution is 2.48. The van der Waals surface area contributed by atoms with Crippen molar-refractivity contribution < 1.29 is 0 Å². The van der Waals surface area contributed by atoms with Gasteiger partial charge in [0.25, 0.3) is 0 Å². The molecule has 0 nitrogen and oxygen atoms in total. The molecule has 2 heterocycles. The lowest BCUT2D eigenvalue weighted by atomic mass is 9.83. The van der Waals surface area contributed by atoms with E-state index in [1.165, 1.54) is 106 Å². The molecule has 0 saturated carbocycles. The summed E-state index contributed by atoms with van der Waals surface area (Å²) >= 11 is 3.80. The predicted molar refractivity (Wildman–Crippen MR) is 221 cm³/mol. The second-order valence-electron chi connectivity index (χ2n) is 13.2. The molecule has 11 rings (SSSR count). The van der Waals surface area contributed by atoms with Gasteiger partial charge >= 0.3 is 0 Å². The van der Waals surface area contributed by atoms with E-state index in [1.54, 1.807) is 0 Å². The highest BCUT2D eigenvalue weighted by atomic mass is 32.1. The quantitative estimate of drug-likeness (QED) is 0.164. The van der Waals surface area contributed by atoms with Crippen LogP contribution in [-0.2, 0) is 0 Å². The largest absolute Gasteiger partial charge is 0.135 e. The smallest absolute Gasteiger partial charge is 0.0362 e. The molecule has 0 aliphatic carbocycles. The zero-order valence-corrected chi connectivity index (χ0v) is 28.6. The summed E-state index contributed by atoms with van der Waals surface area (Å²) in [7, 11) is 0. The first kappa shape index (κ1) is 28.1. The average molecular weight is 669 g/mol. The van der Waals surface area contributed by atoms with Gasteiger partial charge in [0, 0.05) is 40.3 Å². The third-order valence-corrected chi connectivity index (χ3v) is 12.7. The Morgan fingerprint density at radius 1 is 0.240 bits per heavy atom. The molecule has 0 atom stereocenters. The molecular formula is C48H28S2. The van der Waals surface area contributed by atoms with Crippen LogP contribution in [-0.4, -0.2) is 0 Å². The first-order valence-corrected chi connectivity index (χ1v) is 18.7. The van der Waals surface area contributed by atoms with Gasteiger partial charge in [-0.15, -0.1) is 22.7 Å². The number of hydrogen-bond donors (Lipinski definition) is 0. The van der Waals surface area contributed by atoms with Crippen LogP contribution in [0.4, 0.5) is 0 Å². The van der Waals surface area contributed by atoms with Crippen LogP contribution in [0, 0.1) is 0 Å². The van der Waals surface area contributed by atoms with E-state index in [4.69, 9.17) is 0 Å². The second kappa shape index (κ2) is 10.9. The Hall–Kier alpha value is -5.80. The third-order valence-electron chi connectivity index (χ3n) is 10.5. The summed E-state index contributed by atoms with van der Waals surface area (Å²) in [4.78, 5) is 0. The summed E-state index contributed by atoms with van der Waals surface area (Å²) in [5, 5.41) is 13.1. The molecule has 0 saturated heterocycles. The van der Waals surface area contributed by atoms with E-state index >= 15 is 0 Å². The first-order valence-electron chi connectivity index (χ1n) is 17.1. The molecule has 0 aliphatic heterocycles. The van der Waals surface area contributed by atoms with Crippen molar-refractivity contribution in [1.29, 1.82) is 0 Å². The molecule has 0 amide bonds. The lowest BCUT2D eigenvalue weighted by Crippen LogP contribution is -1.92. The van der Waals surface area contributed by atoms with Gasteiger partial charge in [-0.1, -0.05) is 140 Å². The van der Waals surface area contributed by atoms with Gasteiger partial charge in [0.1, 0.15) is 0 Å². The zero-order valence-electron chi connectivity index (χ0n) is 27.0. The topological polar surface area (TPSA) is 0 Å². The lowest BCUT2D eigenvalue weighted by molar-refractivity contribution is 1.64. The molecule has 0 bridgehead atoms. The van der Waals surface area contributed by atoms with Crippen molar-refractivity contribution in [2.75, 3.05) is 0 Å². The van der Waals surface area contributed by atoms with Gasteiger partial charge in [-0.3, -0.25) is 0 Å². The highest BCUT2D eigenvalue weighted by molar-refractivity contribution is 7.27. The van der Waals surface area contributed by atoms with E-state index < -0.39 is 0 Å². The zero-order chi connectivity index (χ0) is 32.8. The Balaban J connectivity index is 1.18. The van der Waals surface area contributed by atoms with Crippen molar-refractivity contribution in [2.45, 2.75) is 0 Å². The van der Waals surface area contributed by atoms with Crippen molar-refractivity contribution in [3.63, 3.8) is 0 Å². The molecule has 11 aromatic rings. The van der Waals surface area contributed by atoms with Gasteiger partial charge in [-0.2, -0.15) is 0 Å². The van der Waals surface area contributed by atoms with Crippen LogP contribution in [0.5, 0.6) is 0 Å². The van der Waals surface area contributed by atoms with Crippen LogP contribution < -0.4 is 0 Å². The monoisotopic (exact) mass is 668 g/mol. The third kappa shape index (κ3) is 4.10. The number of thiophene rings is 2. The Bertz CT molecular complexity index is 3080. The Kier molecular flexibility index (Phi) is 6.09. The van der Waals surface area contributed by atoms with Gasteiger partial charge in [0.15, 0.2) is 0 Å². The molecule has 0 N–H and O–H groups in total. The maximum Gasteiger partial charge on any atom is 0.0362 e. The van der Waals surface area contributed by atoms with Crippen LogP contribution in [0.15, 0.2) is 170 Å².